The monoisotopic (exact) mass is 361 g/mol. The Hall–Kier alpha value is -3.80. The van der Waals surface area contributed by atoms with E-state index in [4.69, 9.17) is 4.74 Å². The molecule has 3 rings (SSSR count). The summed E-state index contributed by atoms with van der Waals surface area (Å²) >= 11 is 0. The van der Waals surface area contributed by atoms with Crippen molar-refractivity contribution in [2.24, 2.45) is 0 Å². The Bertz CT molecular complexity index is 974. The van der Waals surface area contributed by atoms with Crippen LogP contribution >= 0.6 is 0 Å². The third-order valence-corrected chi connectivity index (χ3v) is 3.95. The second kappa shape index (κ2) is 7.61. The molecule has 0 radical (unpaired) electrons. The maximum absolute atomic E-state index is 12.6. The van der Waals surface area contributed by atoms with Crippen LogP contribution < -0.4 is 4.90 Å². The predicted molar refractivity (Wildman–Crippen MR) is 98.5 cm³/mol. The number of carbonyl (C=O) groups excluding carboxylic acids is 4. The molecule has 6 heteroatoms. The van der Waals surface area contributed by atoms with Crippen molar-refractivity contribution in [2.45, 2.75) is 0 Å². The zero-order valence-corrected chi connectivity index (χ0v) is 14.4. The minimum absolute atomic E-state index is 0.297. The SMILES string of the molecule is COC(=O)C1=C(C(=O)C=Cc2ccccc2)C(=O)C(=O)N1c1ccccc1. The second-order valence-corrected chi connectivity index (χ2v) is 5.63. The van der Waals surface area contributed by atoms with Crippen LogP contribution in [0, 0.1) is 0 Å². The molecule has 6 nitrogen and oxygen atoms in total. The Morgan fingerprint density at radius 2 is 1.52 bits per heavy atom. The zero-order valence-electron chi connectivity index (χ0n) is 14.4. The molecule has 2 aromatic carbocycles. The molecule has 0 aromatic heterocycles. The number of para-hydroxylation sites is 1. The van der Waals surface area contributed by atoms with Gasteiger partial charge in [-0.3, -0.25) is 19.3 Å². The lowest BCUT2D eigenvalue weighted by Gasteiger charge is -2.17. The summed E-state index contributed by atoms with van der Waals surface area (Å²) < 4.78 is 4.71. The summed E-state index contributed by atoms with van der Waals surface area (Å²) in [7, 11) is 1.12. The van der Waals surface area contributed by atoms with E-state index in [1.807, 2.05) is 6.07 Å². The molecule has 0 fully saturated rings. The average Bonchev–Trinajstić information content (AvgIpc) is 2.98. The van der Waals surface area contributed by atoms with Gasteiger partial charge in [0.15, 0.2) is 11.5 Å². The third-order valence-electron chi connectivity index (χ3n) is 3.95. The van der Waals surface area contributed by atoms with Gasteiger partial charge in [0.1, 0.15) is 5.57 Å². The van der Waals surface area contributed by atoms with Crippen LogP contribution in [0.25, 0.3) is 6.08 Å². The number of ketones is 2. The number of esters is 1. The van der Waals surface area contributed by atoms with Gasteiger partial charge in [0.05, 0.1) is 7.11 Å². The number of anilines is 1. The number of benzene rings is 2. The Morgan fingerprint density at radius 3 is 2.11 bits per heavy atom. The molecular weight excluding hydrogens is 346 g/mol. The van der Waals surface area contributed by atoms with Crippen LogP contribution in [0.2, 0.25) is 0 Å². The lowest BCUT2D eigenvalue weighted by atomic mass is 10.1. The fourth-order valence-corrected chi connectivity index (χ4v) is 2.69. The number of allylic oxidation sites excluding steroid dienone is 1. The van der Waals surface area contributed by atoms with Crippen molar-refractivity contribution in [3.63, 3.8) is 0 Å². The van der Waals surface area contributed by atoms with Crippen molar-refractivity contribution in [1.82, 2.24) is 0 Å². The quantitative estimate of drug-likeness (QED) is 0.353. The summed E-state index contributed by atoms with van der Waals surface area (Å²) in [4.78, 5) is 50.8. The zero-order chi connectivity index (χ0) is 19.4. The predicted octanol–water partition coefficient (Wildman–Crippen LogP) is 2.31. The van der Waals surface area contributed by atoms with Crippen LogP contribution in [0.3, 0.4) is 0 Å². The molecule has 0 N–H and O–H groups in total. The number of hydrogen-bond donors (Lipinski definition) is 0. The molecule has 1 amide bonds. The number of hydrogen-bond acceptors (Lipinski definition) is 5. The van der Waals surface area contributed by atoms with Crippen molar-refractivity contribution in [3.05, 3.63) is 83.6 Å². The highest BCUT2D eigenvalue weighted by molar-refractivity contribution is 6.58. The number of ether oxygens (including phenoxy) is 1. The lowest BCUT2D eigenvalue weighted by Crippen LogP contribution is -2.31. The van der Waals surface area contributed by atoms with E-state index < -0.39 is 29.0 Å². The van der Waals surface area contributed by atoms with Crippen molar-refractivity contribution >= 4 is 35.2 Å². The molecule has 0 atom stereocenters. The van der Waals surface area contributed by atoms with Gasteiger partial charge in [-0.2, -0.15) is 0 Å². The Labute approximate surface area is 155 Å². The second-order valence-electron chi connectivity index (χ2n) is 5.63. The van der Waals surface area contributed by atoms with Crippen LogP contribution in [0.1, 0.15) is 5.56 Å². The van der Waals surface area contributed by atoms with Crippen molar-refractivity contribution in [1.29, 1.82) is 0 Å². The summed E-state index contributed by atoms with van der Waals surface area (Å²) in [5.41, 5.74) is 0.165. The topological polar surface area (TPSA) is 80.8 Å². The molecule has 0 bridgehead atoms. The van der Waals surface area contributed by atoms with Gasteiger partial charge in [-0.05, 0) is 23.8 Å². The van der Waals surface area contributed by atoms with Gasteiger partial charge in [0, 0.05) is 5.69 Å². The van der Waals surface area contributed by atoms with E-state index in [0.717, 1.165) is 23.6 Å². The maximum Gasteiger partial charge on any atom is 0.356 e. The van der Waals surface area contributed by atoms with Gasteiger partial charge in [-0.1, -0.05) is 54.6 Å². The average molecular weight is 361 g/mol. The van der Waals surface area contributed by atoms with Gasteiger partial charge in [-0.15, -0.1) is 0 Å². The van der Waals surface area contributed by atoms with Gasteiger partial charge in [0.25, 0.3) is 5.78 Å². The van der Waals surface area contributed by atoms with E-state index in [0.29, 0.717) is 5.69 Å². The minimum atomic E-state index is -1.04. The molecule has 27 heavy (non-hydrogen) atoms. The lowest BCUT2D eigenvalue weighted by molar-refractivity contribution is -0.136. The Kier molecular flexibility index (Phi) is 5.08. The standard InChI is InChI=1S/C21H15NO5/c1-27-21(26)18-17(16(23)13-12-14-8-4-2-5-9-14)19(24)20(25)22(18)15-10-6-3-7-11-15/h2-13H,1H3. The van der Waals surface area contributed by atoms with Gasteiger partial charge in [0.2, 0.25) is 0 Å². The molecule has 2 aromatic rings. The van der Waals surface area contributed by atoms with Crippen molar-refractivity contribution in [3.8, 4) is 0 Å². The Balaban J connectivity index is 2.07. The molecule has 0 unspecified atom stereocenters. The number of rotatable bonds is 5. The van der Waals surface area contributed by atoms with E-state index in [1.54, 1.807) is 54.6 Å². The van der Waals surface area contributed by atoms with Gasteiger partial charge in [-0.25, -0.2) is 4.79 Å². The van der Waals surface area contributed by atoms with E-state index >= 15 is 0 Å². The summed E-state index contributed by atoms with van der Waals surface area (Å²) in [6.07, 6.45) is 2.67. The first-order chi connectivity index (χ1) is 13.0. The summed E-state index contributed by atoms with van der Waals surface area (Å²) in [5, 5.41) is 0. The number of nitrogens with zero attached hydrogens (tertiary/aromatic N) is 1. The molecule has 0 spiro atoms. The summed E-state index contributed by atoms with van der Waals surface area (Å²) in [5.74, 6) is -3.69. The molecular formula is C21H15NO5. The highest BCUT2D eigenvalue weighted by Crippen LogP contribution is 2.30. The van der Waals surface area contributed by atoms with E-state index in [-0.39, 0.29) is 5.70 Å². The largest absolute Gasteiger partial charge is 0.464 e. The molecule has 0 aliphatic carbocycles. The molecule has 0 saturated heterocycles. The summed E-state index contributed by atoms with van der Waals surface area (Å²) in [6.45, 7) is 0. The number of Topliss-reactive ketones (excluding diaryl/α,β-unsaturated/α-hetero) is 1. The maximum atomic E-state index is 12.6. The van der Waals surface area contributed by atoms with E-state index in [9.17, 15) is 19.2 Å². The van der Waals surface area contributed by atoms with Crippen LogP contribution in [-0.2, 0) is 23.9 Å². The van der Waals surface area contributed by atoms with Gasteiger partial charge < -0.3 is 4.74 Å². The Morgan fingerprint density at radius 1 is 0.926 bits per heavy atom. The number of amides is 1. The van der Waals surface area contributed by atoms with Crippen LogP contribution in [0.4, 0.5) is 5.69 Å². The van der Waals surface area contributed by atoms with Crippen LogP contribution in [-0.4, -0.2) is 30.6 Å². The van der Waals surface area contributed by atoms with E-state index in [1.165, 1.54) is 6.08 Å². The third kappa shape index (κ3) is 3.46. The number of methoxy groups -OCH3 is 1. The van der Waals surface area contributed by atoms with E-state index in [2.05, 4.69) is 0 Å². The highest BCUT2D eigenvalue weighted by Gasteiger charge is 2.45. The first-order valence-electron chi connectivity index (χ1n) is 8.08. The van der Waals surface area contributed by atoms with Gasteiger partial charge >= 0.3 is 11.9 Å². The van der Waals surface area contributed by atoms with Crippen molar-refractivity contribution < 1.29 is 23.9 Å². The normalized spacial score (nSPS) is 14.2. The summed E-state index contributed by atoms with van der Waals surface area (Å²) in [6, 6.07) is 17.1. The smallest absolute Gasteiger partial charge is 0.356 e. The molecule has 1 aliphatic rings. The number of carbonyl (C=O) groups is 4. The highest BCUT2D eigenvalue weighted by atomic mass is 16.5. The van der Waals surface area contributed by atoms with Crippen molar-refractivity contribution in [2.75, 3.05) is 12.0 Å². The van der Waals surface area contributed by atoms with Crippen LogP contribution in [0.15, 0.2) is 78.0 Å². The molecule has 134 valence electrons. The first kappa shape index (κ1) is 18.0. The van der Waals surface area contributed by atoms with Crippen LogP contribution in [0.5, 0.6) is 0 Å². The molecule has 0 saturated carbocycles. The fraction of sp³-hybridized carbons (Fsp3) is 0.0476. The minimum Gasteiger partial charge on any atom is -0.464 e. The fourth-order valence-electron chi connectivity index (χ4n) is 2.69. The molecule has 1 aliphatic heterocycles. The molecule has 1 heterocycles. The first-order valence-corrected chi connectivity index (χ1v) is 8.08.